The maximum absolute atomic E-state index is 12.6. The molecule has 1 aliphatic heterocycles. The Hall–Kier alpha value is -1.76. The molecular formula is C12H13F3N2O2. The summed E-state index contributed by atoms with van der Waals surface area (Å²) in [5.41, 5.74) is -0.217. The van der Waals surface area contributed by atoms with E-state index in [1.165, 1.54) is 6.07 Å². The van der Waals surface area contributed by atoms with E-state index in [4.69, 9.17) is 0 Å². The lowest BCUT2D eigenvalue weighted by atomic mass is 10.1. The maximum atomic E-state index is 12.6. The number of aliphatic hydroxyl groups is 1. The molecule has 0 saturated carbocycles. The van der Waals surface area contributed by atoms with Crippen LogP contribution in [0.4, 0.5) is 24.5 Å². The number of carbonyl (C=O) groups is 1. The van der Waals surface area contributed by atoms with E-state index >= 15 is 0 Å². The summed E-state index contributed by atoms with van der Waals surface area (Å²) in [4.78, 5) is 13.0. The van der Waals surface area contributed by atoms with Crippen LogP contribution in [0.2, 0.25) is 0 Å². The van der Waals surface area contributed by atoms with Gasteiger partial charge in [-0.3, -0.25) is 4.79 Å². The Bertz CT molecular complexity index is 500. The first kappa shape index (κ1) is 13.7. The standard InChI is InChI=1S/C12H13F3N2O2/c1-7(18)5-17-6-11(19)16-9-4-8(12(13,14)15)2-3-10(9)17/h2-4,7,18H,5-6H2,1H3,(H,16,19). The number of nitrogens with zero attached hydrogens (tertiary/aromatic N) is 1. The van der Waals surface area contributed by atoms with Crippen LogP contribution in [0.3, 0.4) is 0 Å². The molecule has 7 heteroatoms. The lowest BCUT2D eigenvalue weighted by molar-refractivity contribution is -0.137. The quantitative estimate of drug-likeness (QED) is 0.865. The molecule has 1 aromatic carbocycles. The van der Waals surface area contributed by atoms with Crippen molar-refractivity contribution in [3.05, 3.63) is 23.8 Å². The summed E-state index contributed by atoms with van der Waals surface area (Å²) in [6, 6.07) is 3.17. The van der Waals surface area contributed by atoms with Crippen molar-refractivity contribution in [2.45, 2.75) is 19.2 Å². The van der Waals surface area contributed by atoms with E-state index in [9.17, 15) is 23.1 Å². The van der Waals surface area contributed by atoms with Crippen molar-refractivity contribution in [1.82, 2.24) is 0 Å². The molecule has 1 atom stereocenters. The second-order valence-corrected chi connectivity index (χ2v) is 4.51. The number of carbonyl (C=O) groups excluding carboxylic acids is 1. The highest BCUT2D eigenvalue weighted by atomic mass is 19.4. The Morgan fingerprint density at radius 2 is 2.16 bits per heavy atom. The van der Waals surface area contributed by atoms with E-state index in [2.05, 4.69) is 5.32 Å². The van der Waals surface area contributed by atoms with Gasteiger partial charge in [0, 0.05) is 6.54 Å². The first-order valence-corrected chi connectivity index (χ1v) is 5.71. The van der Waals surface area contributed by atoms with Gasteiger partial charge in [0.15, 0.2) is 0 Å². The fourth-order valence-corrected chi connectivity index (χ4v) is 2.02. The van der Waals surface area contributed by atoms with E-state index in [1.807, 2.05) is 0 Å². The third kappa shape index (κ3) is 2.98. The van der Waals surface area contributed by atoms with Gasteiger partial charge in [-0.25, -0.2) is 0 Å². The van der Waals surface area contributed by atoms with Crippen molar-refractivity contribution in [3.63, 3.8) is 0 Å². The molecule has 4 nitrogen and oxygen atoms in total. The summed E-state index contributed by atoms with van der Waals surface area (Å²) >= 11 is 0. The van der Waals surface area contributed by atoms with Gasteiger partial charge in [-0.2, -0.15) is 13.2 Å². The Kier molecular flexibility index (Phi) is 3.40. The van der Waals surface area contributed by atoms with E-state index in [1.54, 1.807) is 11.8 Å². The Morgan fingerprint density at radius 3 is 2.74 bits per heavy atom. The zero-order valence-corrected chi connectivity index (χ0v) is 10.2. The maximum Gasteiger partial charge on any atom is 0.416 e. The molecule has 19 heavy (non-hydrogen) atoms. The Balaban J connectivity index is 2.38. The van der Waals surface area contributed by atoms with Gasteiger partial charge in [0.1, 0.15) is 0 Å². The Labute approximate surface area is 107 Å². The fraction of sp³-hybridized carbons (Fsp3) is 0.417. The van der Waals surface area contributed by atoms with Gasteiger partial charge in [0.05, 0.1) is 29.6 Å². The number of anilines is 2. The number of rotatable bonds is 2. The lowest BCUT2D eigenvalue weighted by Crippen LogP contribution is -2.41. The minimum absolute atomic E-state index is 0.0171. The molecule has 0 spiro atoms. The van der Waals surface area contributed by atoms with Crippen molar-refractivity contribution in [1.29, 1.82) is 0 Å². The van der Waals surface area contributed by atoms with Crippen molar-refractivity contribution in [3.8, 4) is 0 Å². The molecule has 1 aliphatic rings. The van der Waals surface area contributed by atoms with Crippen LogP contribution in [0.5, 0.6) is 0 Å². The fourth-order valence-electron chi connectivity index (χ4n) is 2.02. The zero-order chi connectivity index (χ0) is 14.2. The average Bonchev–Trinajstić information content (AvgIpc) is 2.25. The molecule has 104 valence electrons. The topological polar surface area (TPSA) is 52.6 Å². The number of nitrogens with one attached hydrogen (secondary N) is 1. The molecule has 2 rings (SSSR count). The summed E-state index contributed by atoms with van der Waals surface area (Å²) in [6.45, 7) is 1.76. The Morgan fingerprint density at radius 1 is 1.47 bits per heavy atom. The number of fused-ring (bicyclic) bond motifs is 1. The smallest absolute Gasteiger partial charge is 0.392 e. The molecule has 0 bridgehead atoms. The molecule has 2 N–H and O–H groups in total. The monoisotopic (exact) mass is 274 g/mol. The number of hydrogen-bond donors (Lipinski definition) is 2. The largest absolute Gasteiger partial charge is 0.416 e. The third-order valence-electron chi connectivity index (χ3n) is 2.76. The molecule has 1 heterocycles. The van der Waals surface area contributed by atoms with Gasteiger partial charge in [-0.05, 0) is 25.1 Å². The van der Waals surface area contributed by atoms with Gasteiger partial charge in [0.25, 0.3) is 0 Å². The van der Waals surface area contributed by atoms with Crippen molar-refractivity contribution in [2.24, 2.45) is 0 Å². The van der Waals surface area contributed by atoms with Gasteiger partial charge in [-0.1, -0.05) is 0 Å². The number of β-amino-alcohol motifs (C(OH)–C–C–N with tert-alkyl or cyclic N) is 1. The molecule has 1 aromatic rings. The van der Waals surface area contributed by atoms with Crippen LogP contribution in [0.15, 0.2) is 18.2 Å². The van der Waals surface area contributed by atoms with E-state index in [0.29, 0.717) is 5.69 Å². The summed E-state index contributed by atoms with van der Waals surface area (Å²) in [5, 5.41) is 11.8. The van der Waals surface area contributed by atoms with Crippen LogP contribution in [0, 0.1) is 0 Å². The second kappa shape index (κ2) is 4.73. The third-order valence-corrected chi connectivity index (χ3v) is 2.76. The minimum Gasteiger partial charge on any atom is -0.392 e. The van der Waals surface area contributed by atoms with Crippen LogP contribution < -0.4 is 10.2 Å². The zero-order valence-electron chi connectivity index (χ0n) is 10.2. The van der Waals surface area contributed by atoms with Gasteiger partial charge >= 0.3 is 6.18 Å². The highest BCUT2D eigenvalue weighted by molar-refractivity contribution is 6.01. The molecule has 1 amide bonds. The van der Waals surface area contributed by atoms with Crippen LogP contribution in [0.1, 0.15) is 12.5 Å². The number of aliphatic hydroxyl groups excluding tert-OH is 1. The number of alkyl halides is 3. The van der Waals surface area contributed by atoms with E-state index < -0.39 is 23.8 Å². The molecule has 0 fully saturated rings. The molecule has 0 aromatic heterocycles. The van der Waals surface area contributed by atoms with E-state index in [-0.39, 0.29) is 18.8 Å². The molecule has 1 unspecified atom stereocenters. The first-order valence-electron chi connectivity index (χ1n) is 5.71. The number of halogens is 3. The lowest BCUT2D eigenvalue weighted by Gasteiger charge is -2.32. The highest BCUT2D eigenvalue weighted by Crippen LogP contribution is 2.36. The van der Waals surface area contributed by atoms with Crippen molar-refractivity contribution < 1.29 is 23.1 Å². The van der Waals surface area contributed by atoms with Crippen molar-refractivity contribution >= 4 is 17.3 Å². The summed E-state index contributed by atoms with van der Waals surface area (Å²) in [6.07, 6.45) is -5.13. The summed E-state index contributed by atoms with van der Waals surface area (Å²) < 4.78 is 37.8. The molecule has 0 saturated heterocycles. The van der Waals surface area contributed by atoms with Crippen molar-refractivity contribution in [2.75, 3.05) is 23.3 Å². The van der Waals surface area contributed by atoms with Crippen LogP contribution >= 0.6 is 0 Å². The number of hydrogen-bond acceptors (Lipinski definition) is 3. The SMILES string of the molecule is CC(O)CN1CC(=O)Nc2cc(C(F)(F)F)ccc21. The normalized spacial score (nSPS) is 16.9. The average molecular weight is 274 g/mol. The van der Waals surface area contributed by atoms with E-state index in [0.717, 1.165) is 12.1 Å². The van der Waals surface area contributed by atoms with Crippen LogP contribution in [-0.4, -0.2) is 30.2 Å². The predicted octanol–water partition coefficient (Wildman–Crippen LogP) is 1.84. The first-order chi connectivity index (χ1) is 8.77. The van der Waals surface area contributed by atoms with Gasteiger partial charge < -0.3 is 15.3 Å². The second-order valence-electron chi connectivity index (χ2n) is 4.51. The van der Waals surface area contributed by atoms with Crippen LogP contribution in [0.25, 0.3) is 0 Å². The molecular weight excluding hydrogens is 261 g/mol. The van der Waals surface area contributed by atoms with Gasteiger partial charge in [-0.15, -0.1) is 0 Å². The molecule has 0 aliphatic carbocycles. The summed E-state index contributed by atoms with van der Waals surface area (Å²) in [7, 11) is 0. The van der Waals surface area contributed by atoms with Crippen LogP contribution in [-0.2, 0) is 11.0 Å². The number of benzene rings is 1. The highest BCUT2D eigenvalue weighted by Gasteiger charge is 2.32. The number of amides is 1. The molecule has 0 radical (unpaired) electrons. The predicted molar refractivity (Wildman–Crippen MR) is 64.0 cm³/mol. The van der Waals surface area contributed by atoms with Gasteiger partial charge in [0.2, 0.25) is 5.91 Å². The summed E-state index contributed by atoms with van der Waals surface area (Å²) in [5.74, 6) is -0.396. The minimum atomic E-state index is -4.45.